The van der Waals surface area contributed by atoms with Crippen molar-refractivity contribution in [1.29, 1.82) is 0 Å². The summed E-state index contributed by atoms with van der Waals surface area (Å²) in [6, 6.07) is -0.00418. The molecule has 0 aromatic carbocycles. The molecule has 1 amide bonds. The summed E-state index contributed by atoms with van der Waals surface area (Å²) >= 11 is 0. The van der Waals surface area contributed by atoms with E-state index in [1.54, 1.807) is 6.33 Å². The van der Waals surface area contributed by atoms with E-state index in [2.05, 4.69) is 34.7 Å². The fraction of sp³-hybridized carbons (Fsp3) is 0.750. The Bertz CT molecular complexity index is 404. The predicted molar refractivity (Wildman–Crippen MR) is 82.6 cm³/mol. The number of carbonyl (C=O) groups excluding carboxylic acids is 1. The second-order valence-corrected chi connectivity index (χ2v) is 4.98. The molecule has 1 saturated heterocycles. The van der Waals surface area contributed by atoms with Crippen molar-refractivity contribution in [2.24, 2.45) is 0 Å². The van der Waals surface area contributed by atoms with Crippen LogP contribution in [0.3, 0.4) is 0 Å². The number of amides is 1. The Morgan fingerprint density at radius 1 is 1.55 bits per heavy atom. The van der Waals surface area contributed by atoms with Crippen LogP contribution >= 0.6 is 24.8 Å². The molecule has 1 unspecified atom stereocenters. The van der Waals surface area contributed by atoms with E-state index >= 15 is 0 Å². The molecule has 2 heterocycles. The van der Waals surface area contributed by atoms with Gasteiger partial charge in [0.1, 0.15) is 12.2 Å². The minimum atomic E-state index is -0.00418. The first-order valence-corrected chi connectivity index (χ1v) is 6.57. The zero-order valence-corrected chi connectivity index (χ0v) is 13.5. The van der Waals surface area contributed by atoms with Crippen LogP contribution < -0.4 is 10.6 Å². The summed E-state index contributed by atoms with van der Waals surface area (Å²) in [7, 11) is 0. The van der Waals surface area contributed by atoms with Crippen LogP contribution in [0.4, 0.5) is 0 Å². The van der Waals surface area contributed by atoms with Gasteiger partial charge in [0.2, 0.25) is 5.91 Å². The number of rotatable bonds is 5. The fourth-order valence-corrected chi connectivity index (χ4v) is 2.21. The van der Waals surface area contributed by atoms with E-state index in [1.807, 2.05) is 4.57 Å². The minimum Gasteiger partial charge on any atom is -0.353 e. The van der Waals surface area contributed by atoms with Crippen molar-refractivity contribution >= 4 is 30.7 Å². The van der Waals surface area contributed by atoms with Crippen molar-refractivity contribution in [3.8, 4) is 0 Å². The van der Waals surface area contributed by atoms with Crippen molar-refractivity contribution in [2.45, 2.75) is 45.2 Å². The monoisotopic (exact) mass is 323 g/mol. The van der Waals surface area contributed by atoms with Crippen LogP contribution in [0, 0.1) is 0 Å². The maximum Gasteiger partial charge on any atom is 0.237 e. The van der Waals surface area contributed by atoms with Crippen LogP contribution in [0.5, 0.6) is 0 Å². The van der Waals surface area contributed by atoms with Crippen molar-refractivity contribution < 1.29 is 4.79 Å². The van der Waals surface area contributed by atoms with Crippen molar-refractivity contribution in [1.82, 2.24) is 25.4 Å². The molecule has 8 heteroatoms. The topological polar surface area (TPSA) is 71.8 Å². The van der Waals surface area contributed by atoms with Crippen LogP contribution in [0.1, 0.15) is 38.4 Å². The SMILES string of the molecule is CC(C)c1nncn1CCNC(=O)C1CCCN1.Cl.Cl. The second-order valence-electron chi connectivity index (χ2n) is 4.98. The summed E-state index contributed by atoms with van der Waals surface area (Å²) in [6.45, 7) is 6.46. The van der Waals surface area contributed by atoms with Gasteiger partial charge in [-0.3, -0.25) is 4.79 Å². The quantitative estimate of drug-likeness (QED) is 0.851. The molecule has 0 aliphatic carbocycles. The van der Waals surface area contributed by atoms with Gasteiger partial charge in [-0.25, -0.2) is 0 Å². The summed E-state index contributed by atoms with van der Waals surface area (Å²) in [6.07, 6.45) is 3.74. The Kier molecular flexibility index (Phi) is 8.76. The Labute approximate surface area is 131 Å². The van der Waals surface area contributed by atoms with E-state index < -0.39 is 0 Å². The molecule has 1 atom stereocenters. The number of hydrogen-bond donors (Lipinski definition) is 2. The van der Waals surface area contributed by atoms with Gasteiger partial charge < -0.3 is 15.2 Å². The van der Waals surface area contributed by atoms with Crippen LogP contribution in [0.25, 0.3) is 0 Å². The molecule has 0 radical (unpaired) electrons. The van der Waals surface area contributed by atoms with Crippen molar-refractivity contribution in [3.05, 3.63) is 12.2 Å². The lowest BCUT2D eigenvalue weighted by atomic mass is 10.2. The summed E-state index contributed by atoms with van der Waals surface area (Å²) in [5.74, 6) is 1.41. The van der Waals surface area contributed by atoms with Gasteiger partial charge in [-0.1, -0.05) is 13.8 Å². The van der Waals surface area contributed by atoms with Gasteiger partial charge in [0.05, 0.1) is 6.04 Å². The third kappa shape index (κ3) is 4.92. The van der Waals surface area contributed by atoms with E-state index in [0.29, 0.717) is 12.5 Å². The number of nitrogens with zero attached hydrogens (tertiary/aromatic N) is 3. The molecule has 1 aliphatic heterocycles. The Hall–Kier alpha value is -0.850. The molecule has 2 N–H and O–H groups in total. The molecule has 2 rings (SSSR count). The number of halogens is 2. The zero-order valence-electron chi connectivity index (χ0n) is 11.8. The Balaban J connectivity index is 0.00000180. The number of aromatic nitrogens is 3. The van der Waals surface area contributed by atoms with E-state index in [0.717, 1.165) is 31.8 Å². The zero-order chi connectivity index (χ0) is 13.0. The lowest BCUT2D eigenvalue weighted by Crippen LogP contribution is -2.41. The van der Waals surface area contributed by atoms with Crippen LogP contribution in [0.15, 0.2) is 6.33 Å². The fourth-order valence-electron chi connectivity index (χ4n) is 2.21. The van der Waals surface area contributed by atoms with Crippen molar-refractivity contribution in [2.75, 3.05) is 13.1 Å². The summed E-state index contributed by atoms with van der Waals surface area (Å²) in [4.78, 5) is 11.8. The Morgan fingerprint density at radius 2 is 2.30 bits per heavy atom. The van der Waals surface area contributed by atoms with Gasteiger partial charge in [0.15, 0.2) is 0 Å². The molecule has 1 aromatic heterocycles. The number of nitrogens with one attached hydrogen (secondary N) is 2. The summed E-state index contributed by atoms with van der Waals surface area (Å²) in [5, 5.41) is 14.1. The highest BCUT2D eigenvalue weighted by atomic mass is 35.5. The molecule has 1 aromatic rings. The van der Waals surface area contributed by atoms with Gasteiger partial charge >= 0.3 is 0 Å². The summed E-state index contributed by atoms with van der Waals surface area (Å²) in [5.41, 5.74) is 0. The van der Waals surface area contributed by atoms with E-state index in [-0.39, 0.29) is 36.8 Å². The Morgan fingerprint density at radius 3 is 2.90 bits per heavy atom. The average Bonchev–Trinajstić information content (AvgIpc) is 2.99. The smallest absolute Gasteiger partial charge is 0.237 e. The molecule has 116 valence electrons. The first-order chi connectivity index (χ1) is 8.68. The highest BCUT2D eigenvalue weighted by Crippen LogP contribution is 2.09. The second kappa shape index (κ2) is 9.15. The molecule has 20 heavy (non-hydrogen) atoms. The molecule has 0 spiro atoms. The van der Waals surface area contributed by atoms with Gasteiger partial charge in [0, 0.05) is 19.0 Å². The maximum atomic E-state index is 11.8. The predicted octanol–water partition coefficient (Wildman–Crippen LogP) is 1.11. The highest BCUT2D eigenvalue weighted by molar-refractivity contribution is 5.85. The molecule has 1 aliphatic rings. The van der Waals surface area contributed by atoms with E-state index in [1.165, 1.54) is 0 Å². The molecule has 1 fully saturated rings. The van der Waals surface area contributed by atoms with Gasteiger partial charge in [-0.15, -0.1) is 35.0 Å². The van der Waals surface area contributed by atoms with Gasteiger partial charge in [0.25, 0.3) is 0 Å². The van der Waals surface area contributed by atoms with Crippen LogP contribution in [0.2, 0.25) is 0 Å². The third-order valence-corrected chi connectivity index (χ3v) is 3.19. The first kappa shape index (κ1) is 19.1. The number of carbonyl (C=O) groups is 1. The largest absolute Gasteiger partial charge is 0.353 e. The maximum absolute atomic E-state index is 11.8. The van der Waals surface area contributed by atoms with Gasteiger partial charge in [-0.05, 0) is 19.4 Å². The van der Waals surface area contributed by atoms with Crippen LogP contribution in [-0.2, 0) is 11.3 Å². The minimum absolute atomic E-state index is 0. The normalized spacial score (nSPS) is 17.4. The molecule has 0 saturated carbocycles. The highest BCUT2D eigenvalue weighted by Gasteiger charge is 2.21. The average molecular weight is 324 g/mol. The third-order valence-electron chi connectivity index (χ3n) is 3.19. The molecular formula is C12H23Cl2N5O. The molecule has 6 nitrogen and oxygen atoms in total. The van der Waals surface area contributed by atoms with E-state index in [9.17, 15) is 4.79 Å². The van der Waals surface area contributed by atoms with Crippen molar-refractivity contribution in [3.63, 3.8) is 0 Å². The number of hydrogen-bond acceptors (Lipinski definition) is 4. The summed E-state index contributed by atoms with van der Waals surface area (Å²) < 4.78 is 1.99. The van der Waals surface area contributed by atoms with Gasteiger partial charge in [-0.2, -0.15) is 0 Å². The molecular weight excluding hydrogens is 301 g/mol. The lowest BCUT2D eigenvalue weighted by molar-refractivity contribution is -0.122. The molecule has 0 bridgehead atoms. The van der Waals surface area contributed by atoms with Crippen LogP contribution in [-0.4, -0.2) is 39.8 Å². The first-order valence-electron chi connectivity index (χ1n) is 6.57. The van der Waals surface area contributed by atoms with E-state index in [4.69, 9.17) is 0 Å². The standard InChI is InChI=1S/C12H21N5O.2ClH/c1-9(2)11-16-15-8-17(11)7-6-14-12(18)10-4-3-5-13-10;;/h8-10,13H,3-7H2,1-2H3,(H,14,18);2*1H. The lowest BCUT2D eigenvalue weighted by Gasteiger charge is -2.12.